The number of carboxylic acid groups (broad SMARTS) is 1. The minimum Gasteiger partial charge on any atom is -0.477 e. The van der Waals surface area contributed by atoms with Crippen molar-refractivity contribution >= 4 is 5.97 Å². The van der Waals surface area contributed by atoms with Crippen molar-refractivity contribution < 1.29 is 9.90 Å². The van der Waals surface area contributed by atoms with Gasteiger partial charge in [-0.3, -0.25) is 4.79 Å². The van der Waals surface area contributed by atoms with Crippen LogP contribution in [-0.2, 0) is 11.8 Å². The molecule has 2 N–H and O–H groups in total. The summed E-state index contributed by atoms with van der Waals surface area (Å²) < 4.78 is 0. The molecule has 4 heteroatoms. The normalized spacial score (nSPS) is 17.5. The predicted molar refractivity (Wildman–Crippen MR) is 55.4 cm³/mol. The maximum absolute atomic E-state index is 11.5. The number of aryl methyl sites for hydroxylation is 1. The zero-order valence-electron chi connectivity index (χ0n) is 8.76. The number of rotatable bonds is 1. The Morgan fingerprint density at radius 3 is 2.80 bits per heavy atom. The van der Waals surface area contributed by atoms with Crippen molar-refractivity contribution in [1.29, 1.82) is 0 Å². The summed E-state index contributed by atoms with van der Waals surface area (Å²) in [5.74, 6) is -1.16. The lowest BCUT2D eigenvalue weighted by Crippen LogP contribution is -2.23. The van der Waals surface area contributed by atoms with Crippen LogP contribution in [0.3, 0.4) is 0 Å². The second-order valence-electron chi connectivity index (χ2n) is 4.60. The van der Waals surface area contributed by atoms with Gasteiger partial charge in [0.05, 0.1) is 0 Å². The first-order chi connectivity index (χ1) is 6.92. The number of nitrogens with one attached hydrogen (secondary N) is 1. The third-order valence-corrected chi connectivity index (χ3v) is 3.05. The second kappa shape index (κ2) is 2.95. The summed E-state index contributed by atoms with van der Waals surface area (Å²) in [6.45, 7) is 4.10. The van der Waals surface area contributed by atoms with Gasteiger partial charge in [0.2, 0.25) is 0 Å². The molecule has 80 valence electrons. The van der Waals surface area contributed by atoms with Crippen molar-refractivity contribution in [3.63, 3.8) is 0 Å². The molecule has 1 heterocycles. The van der Waals surface area contributed by atoms with E-state index < -0.39 is 11.5 Å². The highest BCUT2D eigenvalue weighted by atomic mass is 16.4. The first-order valence-electron chi connectivity index (χ1n) is 4.92. The Morgan fingerprint density at radius 2 is 2.20 bits per heavy atom. The van der Waals surface area contributed by atoms with Crippen molar-refractivity contribution in [2.45, 2.75) is 32.1 Å². The number of H-pyrrole nitrogens is 1. The monoisotopic (exact) mass is 207 g/mol. The van der Waals surface area contributed by atoms with E-state index in [0.29, 0.717) is 0 Å². The van der Waals surface area contributed by atoms with E-state index in [1.54, 1.807) is 0 Å². The Balaban J connectivity index is 2.65. The number of aromatic nitrogens is 1. The lowest BCUT2D eigenvalue weighted by Gasteiger charge is -2.17. The Morgan fingerprint density at radius 1 is 1.53 bits per heavy atom. The third kappa shape index (κ3) is 1.46. The number of hydrogen-bond acceptors (Lipinski definition) is 2. The molecule has 1 aromatic heterocycles. The number of pyridine rings is 1. The van der Waals surface area contributed by atoms with Crippen molar-refractivity contribution in [2.24, 2.45) is 0 Å². The molecular formula is C11H13NO3. The van der Waals surface area contributed by atoms with Gasteiger partial charge in [-0.2, -0.15) is 0 Å². The van der Waals surface area contributed by atoms with E-state index in [4.69, 9.17) is 5.11 Å². The topological polar surface area (TPSA) is 70.2 Å². The Labute approximate surface area is 87.0 Å². The molecule has 4 nitrogen and oxygen atoms in total. The lowest BCUT2D eigenvalue weighted by atomic mass is 9.90. The quantitative estimate of drug-likeness (QED) is 0.729. The largest absolute Gasteiger partial charge is 0.477 e. The van der Waals surface area contributed by atoms with Crippen molar-refractivity contribution in [3.8, 4) is 0 Å². The third-order valence-electron chi connectivity index (χ3n) is 3.05. The summed E-state index contributed by atoms with van der Waals surface area (Å²) >= 11 is 0. The minimum atomic E-state index is -1.16. The standard InChI is InChI=1S/C11H13NO3/c1-11(2)4-3-6-5-7(10(14)15)9(13)12-8(6)11/h5H,3-4H2,1-2H3,(H,12,13)(H,14,15). The van der Waals surface area contributed by atoms with Gasteiger partial charge in [0, 0.05) is 11.1 Å². The molecule has 0 aliphatic heterocycles. The molecule has 0 saturated carbocycles. The van der Waals surface area contributed by atoms with Crippen LogP contribution in [0.4, 0.5) is 0 Å². The molecular weight excluding hydrogens is 194 g/mol. The van der Waals surface area contributed by atoms with Crippen LogP contribution >= 0.6 is 0 Å². The van der Waals surface area contributed by atoms with E-state index >= 15 is 0 Å². The first-order valence-corrected chi connectivity index (χ1v) is 4.92. The molecule has 0 saturated heterocycles. The number of carboxylic acids is 1. The summed E-state index contributed by atoms with van der Waals surface area (Å²) in [5.41, 5.74) is 1.13. The average Bonchev–Trinajstić information content (AvgIpc) is 2.41. The number of hydrogen-bond donors (Lipinski definition) is 2. The maximum Gasteiger partial charge on any atom is 0.341 e. The van der Waals surface area contributed by atoms with E-state index in [2.05, 4.69) is 18.8 Å². The molecule has 0 fully saturated rings. The Hall–Kier alpha value is -1.58. The summed E-state index contributed by atoms with van der Waals surface area (Å²) in [5, 5.41) is 8.81. The van der Waals surface area contributed by atoms with E-state index in [9.17, 15) is 9.59 Å². The first kappa shape index (κ1) is 9.96. The van der Waals surface area contributed by atoms with E-state index in [-0.39, 0.29) is 11.0 Å². The van der Waals surface area contributed by atoms with Gasteiger partial charge in [-0.15, -0.1) is 0 Å². The van der Waals surface area contributed by atoms with Crippen molar-refractivity contribution in [1.82, 2.24) is 4.98 Å². The van der Waals surface area contributed by atoms with Gasteiger partial charge < -0.3 is 10.1 Å². The van der Waals surface area contributed by atoms with Crippen LogP contribution in [0.5, 0.6) is 0 Å². The fourth-order valence-corrected chi connectivity index (χ4v) is 2.11. The summed E-state index contributed by atoms with van der Waals surface area (Å²) in [4.78, 5) is 24.9. The van der Waals surface area contributed by atoms with Gasteiger partial charge in [-0.25, -0.2) is 4.79 Å². The van der Waals surface area contributed by atoms with Gasteiger partial charge in [0.1, 0.15) is 5.56 Å². The van der Waals surface area contributed by atoms with Gasteiger partial charge >= 0.3 is 5.97 Å². The van der Waals surface area contributed by atoms with E-state index in [1.807, 2.05) is 0 Å². The van der Waals surface area contributed by atoms with Gasteiger partial charge in [0.25, 0.3) is 5.56 Å². The van der Waals surface area contributed by atoms with E-state index in [0.717, 1.165) is 24.1 Å². The van der Waals surface area contributed by atoms with Gasteiger partial charge in [-0.05, 0) is 24.5 Å². The molecule has 0 bridgehead atoms. The fourth-order valence-electron chi connectivity index (χ4n) is 2.11. The van der Waals surface area contributed by atoms with Crippen LogP contribution < -0.4 is 5.56 Å². The maximum atomic E-state index is 11.5. The number of carbonyl (C=O) groups is 1. The van der Waals surface area contributed by atoms with Crippen molar-refractivity contribution in [2.75, 3.05) is 0 Å². The number of aromatic amines is 1. The smallest absolute Gasteiger partial charge is 0.341 e. The molecule has 0 radical (unpaired) electrons. The molecule has 1 aliphatic carbocycles. The minimum absolute atomic E-state index is 0.0501. The average molecular weight is 207 g/mol. The summed E-state index contributed by atoms with van der Waals surface area (Å²) in [6, 6.07) is 1.51. The van der Waals surface area contributed by atoms with Crippen LogP contribution in [0.1, 0.15) is 41.9 Å². The Bertz CT molecular complexity index is 485. The highest BCUT2D eigenvalue weighted by Crippen LogP contribution is 2.36. The number of aromatic carboxylic acids is 1. The van der Waals surface area contributed by atoms with Crippen LogP contribution in [0, 0.1) is 0 Å². The molecule has 0 amide bonds. The summed E-state index contributed by atoms with van der Waals surface area (Å²) in [7, 11) is 0. The number of fused-ring (bicyclic) bond motifs is 1. The van der Waals surface area contributed by atoms with E-state index in [1.165, 1.54) is 6.07 Å². The fraction of sp³-hybridized carbons (Fsp3) is 0.455. The summed E-state index contributed by atoms with van der Waals surface area (Å²) in [6.07, 6.45) is 1.78. The highest BCUT2D eigenvalue weighted by molar-refractivity contribution is 5.87. The van der Waals surface area contributed by atoms with Crippen LogP contribution in [0.2, 0.25) is 0 Å². The zero-order valence-corrected chi connectivity index (χ0v) is 8.76. The van der Waals surface area contributed by atoms with Crippen LogP contribution in [0.25, 0.3) is 0 Å². The SMILES string of the molecule is CC1(C)CCc2cc(C(=O)O)c(=O)[nH]c21. The molecule has 0 aromatic carbocycles. The van der Waals surface area contributed by atoms with Gasteiger partial charge in [0.15, 0.2) is 0 Å². The van der Waals surface area contributed by atoms with Gasteiger partial charge in [-0.1, -0.05) is 13.8 Å². The molecule has 0 atom stereocenters. The molecule has 15 heavy (non-hydrogen) atoms. The molecule has 1 aromatic rings. The zero-order chi connectivity index (χ0) is 11.2. The Kier molecular flexibility index (Phi) is 1.96. The molecule has 2 rings (SSSR count). The predicted octanol–water partition coefficient (Wildman–Crippen LogP) is 1.30. The second-order valence-corrected chi connectivity index (χ2v) is 4.60. The van der Waals surface area contributed by atoms with Crippen LogP contribution in [-0.4, -0.2) is 16.1 Å². The lowest BCUT2D eigenvalue weighted by molar-refractivity contribution is 0.0694. The van der Waals surface area contributed by atoms with Crippen molar-refractivity contribution in [3.05, 3.63) is 33.2 Å². The molecule has 1 aliphatic rings. The molecule has 0 spiro atoms. The van der Waals surface area contributed by atoms with Crippen LogP contribution in [0.15, 0.2) is 10.9 Å². The highest BCUT2D eigenvalue weighted by Gasteiger charge is 2.31. The molecule has 0 unspecified atom stereocenters.